The smallest absolute Gasteiger partial charge is 0.302 e. The van der Waals surface area contributed by atoms with Gasteiger partial charge in [-0.3, -0.25) is 4.79 Å². The van der Waals surface area contributed by atoms with Crippen molar-refractivity contribution >= 4 is 5.97 Å². The molecule has 2 nitrogen and oxygen atoms in total. The van der Waals surface area contributed by atoms with Crippen LogP contribution in [0.4, 0.5) is 0 Å². The predicted octanol–water partition coefficient (Wildman–Crippen LogP) is 2.62. The molecule has 3 aliphatic rings. The van der Waals surface area contributed by atoms with E-state index >= 15 is 0 Å². The van der Waals surface area contributed by atoms with Crippen LogP contribution in [0, 0.1) is 29.6 Å². The van der Waals surface area contributed by atoms with Crippen LogP contribution in [0.2, 0.25) is 0 Å². The van der Waals surface area contributed by atoms with Gasteiger partial charge in [0.05, 0.1) is 6.61 Å². The number of fused-ring (bicyclic) bond motifs is 5. The SMILES string of the molecule is CC(=O)OCC1CCC2C3CCC(C3)C12. The van der Waals surface area contributed by atoms with Gasteiger partial charge in [-0.1, -0.05) is 0 Å². The van der Waals surface area contributed by atoms with Crippen LogP contribution >= 0.6 is 0 Å². The Bertz CT molecular complexity index is 274. The maximum absolute atomic E-state index is 10.8. The molecule has 5 atom stereocenters. The third-order valence-electron chi connectivity index (χ3n) is 5.07. The van der Waals surface area contributed by atoms with Crippen LogP contribution in [-0.2, 0) is 9.53 Å². The van der Waals surface area contributed by atoms with Gasteiger partial charge < -0.3 is 4.74 Å². The summed E-state index contributed by atoms with van der Waals surface area (Å²) in [7, 11) is 0. The average molecular weight is 208 g/mol. The van der Waals surface area contributed by atoms with Crippen LogP contribution < -0.4 is 0 Å². The summed E-state index contributed by atoms with van der Waals surface area (Å²) in [4.78, 5) is 10.8. The van der Waals surface area contributed by atoms with Crippen molar-refractivity contribution in [1.82, 2.24) is 0 Å². The van der Waals surface area contributed by atoms with E-state index in [0.717, 1.165) is 23.7 Å². The second-order valence-electron chi connectivity index (χ2n) is 5.71. The van der Waals surface area contributed by atoms with Crippen molar-refractivity contribution in [2.24, 2.45) is 29.6 Å². The third kappa shape index (κ3) is 1.49. The van der Waals surface area contributed by atoms with Gasteiger partial charge in [-0.2, -0.15) is 0 Å². The van der Waals surface area contributed by atoms with Crippen LogP contribution in [0.3, 0.4) is 0 Å². The first-order valence-electron chi connectivity index (χ1n) is 6.39. The Labute approximate surface area is 91.4 Å². The first-order chi connectivity index (χ1) is 7.25. The van der Waals surface area contributed by atoms with Crippen LogP contribution in [0.15, 0.2) is 0 Å². The first kappa shape index (κ1) is 9.68. The molecule has 3 rings (SSSR count). The van der Waals surface area contributed by atoms with Crippen LogP contribution in [-0.4, -0.2) is 12.6 Å². The molecule has 3 fully saturated rings. The third-order valence-corrected chi connectivity index (χ3v) is 5.07. The number of hydrogen-bond acceptors (Lipinski definition) is 2. The lowest BCUT2D eigenvalue weighted by Gasteiger charge is -2.28. The largest absolute Gasteiger partial charge is 0.466 e. The standard InChI is InChI=1S/C13H20O2/c1-8(14)15-7-11-4-5-12-9-2-3-10(6-9)13(11)12/h9-13H,2-7H2,1H3. The molecule has 0 aromatic rings. The highest BCUT2D eigenvalue weighted by Crippen LogP contribution is 2.60. The van der Waals surface area contributed by atoms with Crippen LogP contribution in [0.5, 0.6) is 0 Å². The fourth-order valence-electron chi connectivity index (χ4n) is 4.64. The zero-order valence-electron chi connectivity index (χ0n) is 9.45. The van der Waals surface area contributed by atoms with Crippen LogP contribution in [0.25, 0.3) is 0 Å². The maximum Gasteiger partial charge on any atom is 0.302 e. The molecule has 3 saturated carbocycles. The molecule has 3 aliphatic carbocycles. The number of hydrogen-bond donors (Lipinski definition) is 0. The molecule has 0 spiro atoms. The number of esters is 1. The predicted molar refractivity (Wildman–Crippen MR) is 57.2 cm³/mol. The zero-order valence-corrected chi connectivity index (χ0v) is 9.45. The van der Waals surface area contributed by atoms with Gasteiger partial charge >= 0.3 is 5.97 Å². The van der Waals surface area contributed by atoms with Gasteiger partial charge in [0.25, 0.3) is 0 Å². The molecular weight excluding hydrogens is 188 g/mol. The van der Waals surface area contributed by atoms with E-state index in [1.54, 1.807) is 0 Å². The molecule has 0 aromatic carbocycles. The quantitative estimate of drug-likeness (QED) is 0.652. The van der Waals surface area contributed by atoms with Crippen molar-refractivity contribution in [2.45, 2.75) is 39.0 Å². The molecule has 0 N–H and O–H groups in total. The molecule has 15 heavy (non-hydrogen) atoms. The first-order valence-corrected chi connectivity index (χ1v) is 6.39. The molecule has 0 aliphatic heterocycles. The molecule has 0 radical (unpaired) electrons. The highest BCUT2D eigenvalue weighted by Gasteiger charge is 2.53. The van der Waals surface area contributed by atoms with E-state index in [0.29, 0.717) is 12.5 Å². The minimum atomic E-state index is -0.110. The van der Waals surface area contributed by atoms with E-state index < -0.39 is 0 Å². The Balaban J connectivity index is 1.65. The minimum absolute atomic E-state index is 0.110. The Morgan fingerprint density at radius 3 is 2.80 bits per heavy atom. The fourth-order valence-corrected chi connectivity index (χ4v) is 4.64. The lowest BCUT2D eigenvalue weighted by atomic mass is 9.78. The Kier molecular flexibility index (Phi) is 2.26. The van der Waals surface area contributed by atoms with Gasteiger partial charge in [0.15, 0.2) is 0 Å². The van der Waals surface area contributed by atoms with E-state index in [2.05, 4.69) is 0 Å². The van der Waals surface area contributed by atoms with Crippen molar-refractivity contribution < 1.29 is 9.53 Å². The topological polar surface area (TPSA) is 26.3 Å². The average Bonchev–Trinajstić information content (AvgIpc) is 2.87. The summed E-state index contributed by atoms with van der Waals surface area (Å²) in [5.41, 5.74) is 0. The summed E-state index contributed by atoms with van der Waals surface area (Å²) in [5.74, 6) is 4.48. The lowest BCUT2D eigenvalue weighted by Crippen LogP contribution is -2.25. The number of rotatable bonds is 2. The Morgan fingerprint density at radius 2 is 2.00 bits per heavy atom. The number of carbonyl (C=O) groups excluding carboxylic acids is 1. The number of ether oxygens (including phenoxy) is 1. The molecule has 2 heteroatoms. The Hall–Kier alpha value is -0.530. The van der Waals surface area contributed by atoms with Gasteiger partial charge in [0, 0.05) is 6.92 Å². The monoisotopic (exact) mass is 208 g/mol. The molecule has 0 heterocycles. The molecule has 84 valence electrons. The molecule has 0 amide bonds. The summed E-state index contributed by atoms with van der Waals surface area (Å²) in [5, 5.41) is 0. The van der Waals surface area contributed by atoms with E-state index in [-0.39, 0.29) is 5.97 Å². The summed E-state index contributed by atoms with van der Waals surface area (Å²) >= 11 is 0. The molecule has 0 aromatic heterocycles. The van der Waals surface area contributed by atoms with Gasteiger partial charge in [-0.05, 0) is 61.7 Å². The molecular formula is C13H20O2. The second kappa shape index (κ2) is 3.50. The van der Waals surface area contributed by atoms with Gasteiger partial charge in [0.2, 0.25) is 0 Å². The fraction of sp³-hybridized carbons (Fsp3) is 0.923. The summed E-state index contributed by atoms with van der Waals surface area (Å²) in [6.07, 6.45) is 7.10. The molecule has 2 bridgehead atoms. The van der Waals surface area contributed by atoms with Gasteiger partial charge in [0.1, 0.15) is 0 Å². The van der Waals surface area contributed by atoms with Crippen molar-refractivity contribution in [2.75, 3.05) is 6.61 Å². The van der Waals surface area contributed by atoms with E-state index in [1.807, 2.05) is 0 Å². The van der Waals surface area contributed by atoms with Crippen molar-refractivity contribution in [3.8, 4) is 0 Å². The lowest BCUT2D eigenvalue weighted by molar-refractivity contribution is -0.142. The zero-order chi connectivity index (χ0) is 10.4. The molecule has 5 unspecified atom stereocenters. The highest BCUT2D eigenvalue weighted by molar-refractivity contribution is 5.65. The normalized spacial score (nSPS) is 46.9. The summed E-state index contributed by atoms with van der Waals surface area (Å²) < 4.78 is 5.20. The summed E-state index contributed by atoms with van der Waals surface area (Å²) in [6.45, 7) is 2.22. The van der Waals surface area contributed by atoms with Crippen molar-refractivity contribution in [1.29, 1.82) is 0 Å². The van der Waals surface area contributed by atoms with E-state index in [4.69, 9.17) is 4.74 Å². The van der Waals surface area contributed by atoms with Crippen molar-refractivity contribution in [3.63, 3.8) is 0 Å². The van der Waals surface area contributed by atoms with E-state index in [9.17, 15) is 4.79 Å². The Morgan fingerprint density at radius 1 is 1.20 bits per heavy atom. The van der Waals surface area contributed by atoms with Gasteiger partial charge in [-0.15, -0.1) is 0 Å². The number of carbonyl (C=O) groups is 1. The second-order valence-corrected chi connectivity index (χ2v) is 5.71. The minimum Gasteiger partial charge on any atom is -0.466 e. The maximum atomic E-state index is 10.8. The molecule has 0 saturated heterocycles. The van der Waals surface area contributed by atoms with Crippen LogP contribution in [0.1, 0.15) is 39.0 Å². The van der Waals surface area contributed by atoms with Gasteiger partial charge in [-0.25, -0.2) is 0 Å². The van der Waals surface area contributed by atoms with E-state index in [1.165, 1.54) is 39.0 Å². The highest BCUT2D eigenvalue weighted by atomic mass is 16.5. The van der Waals surface area contributed by atoms with Crippen molar-refractivity contribution in [3.05, 3.63) is 0 Å². The summed E-state index contributed by atoms with van der Waals surface area (Å²) in [6, 6.07) is 0.